The minimum absolute atomic E-state index is 0.267. The predicted molar refractivity (Wildman–Crippen MR) is 100 cm³/mol. The molecule has 0 radical (unpaired) electrons. The molecule has 5 nitrogen and oxygen atoms in total. The van der Waals surface area contributed by atoms with Crippen molar-refractivity contribution in [2.75, 3.05) is 13.2 Å². The van der Waals surface area contributed by atoms with Gasteiger partial charge in [0.25, 0.3) is 5.91 Å². The Kier molecular flexibility index (Phi) is 7.34. The third-order valence-electron chi connectivity index (χ3n) is 3.98. The Bertz CT molecular complexity index is 789. The molecule has 2 aromatic carbocycles. The Labute approximate surface area is 158 Å². The average Bonchev–Trinajstić information content (AvgIpc) is 2.62. The number of esters is 1. The largest absolute Gasteiger partial charge is 0.482 e. The molecular weight excluding hydrogens is 349 g/mol. The standard InChI is InChI=1S/C21H24FNO4/c1-14-4-9-19(15(2)12-14)26-13-20(24)27-16(3)21(25)23-11-10-17-5-7-18(22)8-6-17/h4-9,12,16H,10-11,13H2,1-3H3,(H,23,25)/t16-/m1/s1. The number of amides is 1. The third kappa shape index (κ3) is 6.73. The number of carbonyl (C=O) groups is 2. The maximum Gasteiger partial charge on any atom is 0.344 e. The number of hydrogen-bond acceptors (Lipinski definition) is 4. The van der Waals surface area contributed by atoms with Gasteiger partial charge in [0.05, 0.1) is 0 Å². The van der Waals surface area contributed by atoms with E-state index in [2.05, 4.69) is 5.32 Å². The summed E-state index contributed by atoms with van der Waals surface area (Å²) in [7, 11) is 0. The first-order chi connectivity index (χ1) is 12.8. The molecule has 0 bridgehead atoms. The van der Waals surface area contributed by atoms with Crippen molar-refractivity contribution in [3.8, 4) is 5.75 Å². The van der Waals surface area contributed by atoms with Crippen LogP contribution in [0.2, 0.25) is 0 Å². The topological polar surface area (TPSA) is 64.6 Å². The highest BCUT2D eigenvalue weighted by molar-refractivity contribution is 5.83. The lowest BCUT2D eigenvalue weighted by molar-refractivity contribution is -0.156. The van der Waals surface area contributed by atoms with Crippen molar-refractivity contribution < 1.29 is 23.5 Å². The van der Waals surface area contributed by atoms with Crippen molar-refractivity contribution >= 4 is 11.9 Å². The van der Waals surface area contributed by atoms with Gasteiger partial charge >= 0.3 is 5.97 Å². The second-order valence-electron chi connectivity index (χ2n) is 6.36. The molecule has 0 fully saturated rings. The first-order valence-electron chi connectivity index (χ1n) is 8.77. The van der Waals surface area contributed by atoms with Crippen LogP contribution in [0.15, 0.2) is 42.5 Å². The van der Waals surface area contributed by atoms with Crippen molar-refractivity contribution in [1.29, 1.82) is 0 Å². The molecule has 1 amide bonds. The van der Waals surface area contributed by atoms with Crippen LogP contribution in [0.3, 0.4) is 0 Å². The summed E-state index contributed by atoms with van der Waals surface area (Å²) in [5.41, 5.74) is 2.94. The number of ether oxygens (including phenoxy) is 2. The molecule has 1 atom stereocenters. The lowest BCUT2D eigenvalue weighted by atomic mass is 10.1. The van der Waals surface area contributed by atoms with Crippen LogP contribution in [0.5, 0.6) is 5.75 Å². The summed E-state index contributed by atoms with van der Waals surface area (Å²) in [4.78, 5) is 23.9. The highest BCUT2D eigenvalue weighted by Crippen LogP contribution is 2.18. The van der Waals surface area contributed by atoms with E-state index in [1.54, 1.807) is 18.2 Å². The molecule has 144 valence electrons. The van der Waals surface area contributed by atoms with Gasteiger partial charge in [-0.3, -0.25) is 4.79 Å². The van der Waals surface area contributed by atoms with Crippen molar-refractivity contribution in [2.24, 2.45) is 0 Å². The van der Waals surface area contributed by atoms with Crippen LogP contribution in [0, 0.1) is 19.7 Å². The van der Waals surface area contributed by atoms with E-state index in [-0.39, 0.29) is 12.4 Å². The van der Waals surface area contributed by atoms with Gasteiger partial charge in [-0.2, -0.15) is 0 Å². The first kappa shape index (κ1) is 20.4. The molecule has 27 heavy (non-hydrogen) atoms. The van der Waals surface area contributed by atoms with Crippen LogP contribution in [-0.2, 0) is 20.7 Å². The predicted octanol–water partition coefficient (Wildman–Crippen LogP) is 3.11. The fourth-order valence-electron chi connectivity index (χ4n) is 2.51. The minimum Gasteiger partial charge on any atom is -0.482 e. The lowest BCUT2D eigenvalue weighted by Gasteiger charge is -2.14. The molecule has 0 saturated carbocycles. The second kappa shape index (κ2) is 9.71. The number of benzene rings is 2. The Morgan fingerprint density at radius 1 is 1.11 bits per heavy atom. The van der Waals surface area contributed by atoms with Gasteiger partial charge in [-0.25, -0.2) is 9.18 Å². The van der Waals surface area contributed by atoms with Gasteiger partial charge in [0.1, 0.15) is 11.6 Å². The molecule has 0 aliphatic heterocycles. The number of nitrogens with one attached hydrogen (secondary N) is 1. The summed E-state index contributed by atoms with van der Waals surface area (Å²) < 4.78 is 23.4. The van der Waals surface area contributed by atoms with Crippen LogP contribution in [0.4, 0.5) is 4.39 Å². The van der Waals surface area contributed by atoms with Crippen LogP contribution in [0.1, 0.15) is 23.6 Å². The quantitative estimate of drug-likeness (QED) is 0.722. The molecule has 0 unspecified atom stereocenters. The summed E-state index contributed by atoms with van der Waals surface area (Å²) in [5, 5.41) is 2.69. The zero-order chi connectivity index (χ0) is 19.8. The highest BCUT2D eigenvalue weighted by Gasteiger charge is 2.18. The summed E-state index contributed by atoms with van der Waals surface area (Å²) in [5.74, 6) is -0.700. The summed E-state index contributed by atoms with van der Waals surface area (Å²) in [6.07, 6.45) is -0.365. The summed E-state index contributed by atoms with van der Waals surface area (Å²) >= 11 is 0. The number of rotatable bonds is 8. The van der Waals surface area contributed by atoms with Gasteiger partial charge in [-0.05, 0) is 56.5 Å². The Hall–Kier alpha value is -2.89. The van der Waals surface area contributed by atoms with Crippen molar-refractivity contribution in [2.45, 2.75) is 33.3 Å². The van der Waals surface area contributed by atoms with Crippen LogP contribution >= 0.6 is 0 Å². The third-order valence-corrected chi connectivity index (χ3v) is 3.98. The fourth-order valence-corrected chi connectivity index (χ4v) is 2.51. The van der Waals surface area contributed by atoms with E-state index < -0.39 is 18.0 Å². The van der Waals surface area contributed by atoms with E-state index in [0.717, 1.165) is 16.7 Å². The maximum atomic E-state index is 12.8. The van der Waals surface area contributed by atoms with Gasteiger partial charge in [0.2, 0.25) is 0 Å². The van der Waals surface area contributed by atoms with E-state index in [1.165, 1.54) is 19.1 Å². The Balaban J connectivity index is 1.71. The maximum absolute atomic E-state index is 12.8. The van der Waals surface area contributed by atoms with Crippen LogP contribution < -0.4 is 10.1 Å². The lowest BCUT2D eigenvalue weighted by Crippen LogP contribution is -2.37. The first-order valence-corrected chi connectivity index (χ1v) is 8.77. The summed E-state index contributed by atoms with van der Waals surface area (Å²) in [6, 6.07) is 11.7. The average molecular weight is 373 g/mol. The number of hydrogen-bond donors (Lipinski definition) is 1. The molecule has 0 spiro atoms. The van der Waals surface area contributed by atoms with Crippen molar-refractivity contribution in [3.05, 3.63) is 65.0 Å². The molecule has 0 aliphatic rings. The highest BCUT2D eigenvalue weighted by atomic mass is 19.1. The van der Waals surface area contributed by atoms with E-state index >= 15 is 0 Å². The van der Waals surface area contributed by atoms with E-state index in [0.29, 0.717) is 18.7 Å². The monoisotopic (exact) mass is 373 g/mol. The molecule has 0 aliphatic carbocycles. The molecular formula is C21H24FNO4. The van der Waals surface area contributed by atoms with Crippen LogP contribution in [-0.4, -0.2) is 31.1 Å². The van der Waals surface area contributed by atoms with E-state index in [1.807, 2.05) is 26.0 Å². The number of aryl methyl sites for hydroxylation is 2. The molecule has 1 N–H and O–H groups in total. The van der Waals surface area contributed by atoms with E-state index in [9.17, 15) is 14.0 Å². The summed E-state index contributed by atoms with van der Waals surface area (Å²) in [6.45, 7) is 5.47. The van der Waals surface area contributed by atoms with Gasteiger partial charge < -0.3 is 14.8 Å². The molecule has 0 aromatic heterocycles. The molecule has 2 aromatic rings. The van der Waals surface area contributed by atoms with Gasteiger partial charge in [0.15, 0.2) is 12.7 Å². The van der Waals surface area contributed by atoms with Gasteiger partial charge in [-0.1, -0.05) is 29.8 Å². The Morgan fingerprint density at radius 3 is 2.48 bits per heavy atom. The van der Waals surface area contributed by atoms with Crippen LogP contribution in [0.25, 0.3) is 0 Å². The molecule has 6 heteroatoms. The molecule has 0 saturated heterocycles. The zero-order valence-corrected chi connectivity index (χ0v) is 15.8. The van der Waals surface area contributed by atoms with E-state index in [4.69, 9.17) is 9.47 Å². The zero-order valence-electron chi connectivity index (χ0n) is 15.8. The van der Waals surface area contributed by atoms with Crippen molar-refractivity contribution in [3.63, 3.8) is 0 Å². The number of carbonyl (C=O) groups excluding carboxylic acids is 2. The van der Waals surface area contributed by atoms with Crippen molar-refractivity contribution in [1.82, 2.24) is 5.32 Å². The smallest absolute Gasteiger partial charge is 0.344 e. The Morgan fingerprint density at radius 2 is 1.81 bits per heavy atom. The van der Waals surface area contributed by atoms with Gasteiger partial charge in [-0.15, -0.1) is 0 Å². The molecule has 2 rings (SSSR count). The number of halogens is 1. The van der Waals surface area contributed by atoms with Gasteiger partial charge in [0, 0.05) is 6.54 Å². The fraction of sp³-hybridized carbons (Fsp3) is 0.333. The normalized spacial score (nSPS) is 11.6. The SMILES string of the molecule is Cc1ccc(OCC(=O)O[C@H](C)C(=O)NCCc2ccc(F)cc2)c(C)c1. The molecule has 0 heterocycles. The minimum atomic E-state index is -0.923. The second-order valence-corrected chi connectivity index (χ2v) is 6.36.